The van der Waals surface area contributed by atoms with Gasteiger partial charge in [-0.2, -0.15) is 0 Å². The van der Waals surface area contributed by atoms with E-state index in [-0.39, 0.29) is 11.6 Å². The molecule has 3 heterocycles. The number of benzene rings is 1. The van der Waals surface area contributed by atoms with Gasteiger partial charge >= 0.3 is 0 Å². The summed E-state index contributed by atoms with van der Waals surface area (Å²) in [6.45, 7) is 1.02. The Bertz CT molecular complexity index is 995. The zero-order valence-electron chi connectivity index (χ0n) is 13.7. The lowest BCUT2D eigenvalue weighted by Crippen LogP contribution is -2.28. The Morgan fingerprint density at radius 2 is 2.08 bits per heavy atom. The molecule has 0 fully saturated rings. The van der Waals surface area contributed by atoms with Crippen molar-refractivity contribution in [2.75, 3.05) is 18.4 Å². The fourth-order valence-corrected chi connectivity index (χ4v) is 3.30. The molecule has 1 amide bonds. The van der Waals surface area contributed by atoms with Crippen molar-refractivity contribution < 1.29 is 9.32 Å². The maximum atomic E-state index is 12.2. The van der Waals surface area contributed by atoms with Gasteiger partial charge in [0.25, 0.3) is 5.91 Å². The van der Waals surface area contributed by atoms with E-state index in [1.54, 1.807) is 35.9 Å². The number of carbonyl (C=O) groups excluding carboxylic acids is 1. The second kappa shape index (κ2) is 7.32. The number of carbonyl (C=O) groups is 1. The lowest BCUT2D eigenvalue weighted by atomic mass is 10.2. The van der Waals surface area contributed by atoms with Gasteiger partial charge in [0.2, 0.25) is 0 Å². The molecule has 0 aliphatic heterocycles. The summed E-state index contributed by atoms with van der Waals surface area (Å²) in [4.78, 5) is 20.7. The third-order valence-electron chi connectivity index (χ3n) is 3.67. The summed E-state index contributed by atoms with van der Waals surface area (Å²) in [5.74, 6) is 0.228. The molecule has 0 aliphatic rings. The van der Waals surface area contributed by atoms with Gasteiger partial charge in [-0.25, -0.2) is 4.98 Å². The average molecular weight is 365 g/mol. The van der Waals surface area contributed by atoms with E-state index < -0.39 is 0 Å². The summed E-state index contributed by atoms with van der Waals surface area (Å²) in [6.07, 6.45) is 3.33. The number of pyridine rings is 1. The quantitative estimate of drug-likeness (QED) is 0.510. The molecule has 0 saturated carbocycles. The molecule has 8 heteroatoms. The zero-order valence-corrected chi connectivity index (χ0v) is 14.5. The maximum Gasteiger partial charge on any atom is 0.273 e. The van der Waals surface area contributed by atoms with Crippen molar-refractivity contribution in [3.8, 4) is 11.3 Å². The first-order valence-corrected chi connectivity index (χ1v) is 8.86. The summed E-state index contributed by atoms with van der Waals surface area (Å²) < 4.78 is 6.34. The van der Waals surface area contributed by atoms with E-state index in [2.05, 4.69) is 25.8 Å². The molecule has 3 aromatic heterocycles. The molecule has 1 aromatic carbocycles. The van der Waals surface area contributed by atoms with Crippen LogP contribution in [0.3, 0.4) is 0 Å². The summed E-state index contributed by atoms with van der Waals surface area (Å²) in [7, 11) is 0. The number of amides is 1. The molecule has 2 N–H and O–H groups in total. The summed E-state index contributed by atoms with van der Waals surface area (Å²) in [5, 5.41) is 10.7. The molecule has 0 unspecified atom stereocenters. The van der Waals surface area contributed by atoms with Gasteiger partial charge in [-0.1, -0.05) is 28.6 Å². The number of nitrogens with one attached hydrogen (secondary N) is 2. The topological polar surface area (TPSA) is 92.9 Å². The number of rotatable bonds is 6. The Labute approximate surface area is 153 Å². The number of hydrogen-bond donors (Lipinski definition) is 2. The Hall–Kier alpha value is -3.26. The molecule has 0 bridgehead atoms. The lowest BCUT2D eigenvalue weighted by Gasteiger charge is -2.03. The molecule has 4 rings (SSSR count). The van der Waals surface area contributed by atoms with Crippen molar-refractivity contribution >= 4 is 32.6 Å². The van der Waals surface area contributed by atoms with Crippen molar-refractivity contribution in [3.63, 3.8) is 0 Å². The number of thiazole rings is 1. The monoisotopic (exact) mass is 365 g/mol. The normalized spacial score (nSPS) is 10.8. The van der Waals surface area contributed by atoms with E-state index in [0.29, 0.717) is 18.8 Å². The molecule has 0 saturated heterocycles. The van der Waals surface area contributed by atoms with Crippen molar-refractivity contribution in [1.29, 1.82) is 0 Å². The fraction of sp³-hybridized carbons (Fsp3) is 0.111. The van der Waals surface area contributed by atoms with E-state index >= 15 is 0 Å². The standard InChI is InChI=1S/C18H15N5O2S/c24-17(14-10-15(25-23-14)12-4-3-7-19-11-12)20-8-9-21-18-22-13-5-1-2-6-16(13)26-18/h1-7,10-11H,8-9H2,(H,20,24)(H,21,22). The first-order chi connectivity index (χ1) is 12.8. The number of anilines is 1. The number of aromatic nitrogens is 3. The van der Waals surface area contributed by atoms with E-state index in [9.17, 15) is 4.79 Å². The highest BCUT2D eigenvalue weighted by molar-refractivity contribution is 7.22. The van der Waals surface area contributed by atoms with Crippen LogP contribution in [0.1, 0.15) is 10.5 Å². The first-order valence-electron chi connectivity index (χ1n) is 8.04. The van der Waals surface area contributed by atoms with Gasteiger partial charge in [-0.3, -0.25) is 9.78 Å². The van der Waals surface area contributed by atoms with E-state index in [1.807, 2.05) is 30.3 Å². The van der Waals surface area contributed by atoms with Gasteiger partial charge < -0.3 is 15.2 Å². The molecular weight excluding hydrogens is 350 g/mol. The predicted molar refractivity (Wildman–Crippen MR) is 100 cm³/mol. The van der Waals surface area contributed by atoms with E-state index in [0.717, 1.165) is 20.9 Å². The van der Waals surface area contributed by atoms with Gasteiger partial charge in [0.15, 0.2) is 16.6 Å². The highest BCUT2D eigenvalue weighted by Gasteiger charge is 2.13. The average Bonchev–Trinajstić information content (AvgIpc) is 3.32. The number of fused-ring (bicyclic) bond motifs is 1. The first kappa shape index (κ1) is 16.2. The number of nitrogens with zero attached hydrogens (tertiary/aromatic N) is 3. The molecule has 0 aliphatic carbocycles. The minimum Gasteiger partial charge on any atom is -0.360 e. The Morgan fingerprint density at radius 3 is 2.92 bits per heavy atom. The van der Waals surface area contributed by atoms with Crippen molar-refractivity contribution in [1.82, 2.24) is 20.4 Å². The highest BCUT2D eigenvalue weighted by atomic mass is 32.1. The van der Waals surface area contributed by atoms with Crippen LogP contribution < -0.4 is 10.6 Å². The minimum atomic E-state index is -0.282. The van der Waals surface area contributed by atoms with E-state index in [1.165, 1.54) is 0 Å². The fourth-order valence-electron chi connectivity index (χ4n) is 2.41. The van der Waals surface area contributed by atoms with E-state index in [4.69, 9.17) is 4.52 Å². The molecule has 130 valence electrons. The summed E-state index contributed by atoms with van der Waals surface area (Å²) >= 11 is 1.59. The minimum absolute atomic E-state index is 0.240. The smallest absolute Gasteiger partial charge is 0.273 e. The summed E-state index contributed by atoms with van der Waals surface area (Å²) in [5.41, 5.74) is 1.98. The van der Waals surface area contributed by atoms with Crippen LogP contribution in [0.25, 0.3) is 21.5 Å². The molecule has 7 nitrogen and oxygen atoms in total. The van der Waals surface area contributed by atoms with Crippen molar-refractivity contribution in [2.24, 2.45) is 0 Å². The SMILES string of the molecule is O=C(NCCNc1nc2ccccc2s1)c1cc(-c2cccnc2)on1. The van der Waals surface area contributed by atoms with Gasteiger partial charge in [-0.15, -0.1) is 0 Å². The van der Waals surface area contributed by atoms with Crippen LogP contribution in [0.15, 0.2) is 59.4 Å². The van der Waals surface area contributed by atoms with Gasteiger partial charge in [0, 0.05) is 37.1 Å². The molecule has 4 aromatic rings. The highest BCUT2D eigenvalue weighted by Crippen LogP contribution is 2.25. The van der Waals surface area contributed by atoms with Crippen molar-refractivity contribution in [2.45, 2.75) is 0 Å². The molecule has 0 spiro atoms. The lowest BCUT2D eigenvalue weighted by molar-refractivity contribution is 0.0946. The van der Waals surface area contributed by atoms with Crippen LogP contribution in [0.5, 0.6) is 0 Å². The Kier molecular flexibility index (Phi) is 4.57. The second-order valence-electron chi connectivity index (χ2n) is 5.49. The van der Waals surface area contributed by atoms with Crippen LogP contribution in [-0.4, -0.2) is 34.1 Å². The zero-order chi connectivity index (χ0) is 17.8. The third-order valence-corrected chi connectivity index (χ3v) is 4.66. The number of hydrogen-bond acceptors (Lipinski definition) is 7. The van der Waals surface area contributed by atoms with Crippen LogP contribution in [0, 0.1) is 0 Å². The van der Waals surface area contributed by atoms with Gasteiger partial charge in [0.05, 0.1) is 10.2 Å². The maximum absolute atomic E-state index is 12.2. The number of para-hydroxylation sites is 1. The molecule has 0 atom stereocenters. The second-order valence-corrected chi connectivity index (χ2v) is 6.52. The Morgan fingerprint density at radius 1 is 1.15 bits per heavy atom. The van der Waals surface area contributed by atoms with Crippen LogP contribution in [-0.2, 0) is 0 Å². The van der Waals surface area contributed by atoms with Crippen molar-refractivity contribution in [3.05, 3.63) is 60.6 Å². The Balaban J connectivity index is 1.29. The van der Waals surface area contributed by atoms with Gasteiger partial charge in [0.1, 0.15) is 0 Å². The molecule has 26 heavy (non-hydrogen) atoms. The van der Waals surface area contributed by atoms with Gasteiger partial charge in [-0.05, 0) is 24.3 Å². The van der Waals surface area contributed by atoms with Crippen LogP contribution >= 0.6 is 11.3 Å². The third kappa shape index (κ3) is 3.55. The molecular formula is C18H15N5O2S. The van der Waals surface area contributed by atoms with Crippen LogP contribution in [0.4, 0.5) is 5.13 Å². The molecule has 0 radical (unpaired) electrons. The predicted octanol–water partition coefficient (Wildman–Crippen LogP) is 3.19. The van der Waals surface area contributed by atoms with Crippen LogP contribution in [0.2, 0.25) is 0 Å². The largest absolute Gasteiger partial charge is 0.360 e. The summed E-state index contributed by atoms with van der Waals surface area (Å²) in [6, 6.07) is 13.2.